The number of fused-ring (bicyclic) bond motifs is 2. The van der Waals surface area contributed by atoms with Crippen LogP contribution in [0, 0.1) is 0 Å². The number of hydrogen-bond donors (Lipinski definition) is 2. The van der Waals surface area contributed by atoms with E-state index in [0.29, 0.717) is 13.5 Å². The average Bonchev–Trinajstić information content (AvgIpc) is 2.68. The normalized spacial score (nSPS) is 16.8. The zero-order chi connectivity index (χ0) is 18.6. The highest BCUT2D eigenvalue weighted by atomic mass is 32.1. The van der Waals surface area contributed by atoms with Crippen molar-refractivity contribution in [2.75, 3.05) is 38.1 Å². The van der Waals surface area contributed by atoms with Gasteiger partial charge in [0, 0.05) is 48.8 Å². The lowest BCUT2D eigenvalue weighted by atomic mass is 10.1. The SMILES string of the molecule is SCCN1COc2ccc(Oc3ccc4c(c3)CN(CCS)CO4)cc2C1. The Kier molecular flexibility index (Phi) is 6.02. The first-order valence-corrected chi connectivity index (χ1v) is 10.4. The Morgan fingerprint density at radius 1 is 0.778 bits per heavy atom. The Balaban J connectivity index is 1.48. The summed E-state index contributed by atoms with van der Waals surface area (Å²) in [4.78, 5) is 4.46. The van der Waals surface area contributed by atoms with Gasteiger partial charge >= 0.3 is 0 Å². The molecule has 0 amide bonds. The number of hydrogen-bond acceptors (Lipinski definition) is 7. The van der Waals surface area contributed by atoms with E-state index in [1.165, 1.54) is 0 Å². The van der Waals surface area contributed by atoms with E-state index < -0.39 is 0 Å². The zero-order valence-corrected chi connectivity index (χ0v) is 16.9. The van der Waals surface area contributed by atoms with E-state index in [9.17, 15) is 0 Å². The first-order chi connectivity index (χ1) is 13.2. The smallest absolute Gasteiger partial charge is 0.142 e. The summed E-state index contributed by atoms with van der Waals surface area (Å²) in [6, 6.07) is 12.0. The van der Waals surface area contributed by atoms with Crippen molar-refractivity contribution in [3.63, 3.8) is 0 Å². The molecule has 144 valence electrons. The molecule has 2 aliphatic heterocycles. The largest absolute Gasteiger partial charge is 0.478 e. The predicted octanol–water partition coefficient (Wildman–Crippen LogP) is 3.64. The van der Waals surface area contributed by atoms with E-state index in [1.54, 1.807) is 0 Å². The van der Waals surface area contributed by atoms with Gasteiger partial charge in [-0.2, -0.15) is 25.3 Å². The standard InChI is InChI=1S/C20H24N2O3S2/c26-7-5-21-11-15-9-17(1-3-19(15)23-13-21)25-18-2-4-20-16(10-18)12-22(6-8-27)14-24-20/h1-4,9-10,26-27H,5-8,11-14H2. The minimum Gasteiger partial charge on any atom is -0.478 e. The van der Waals surface area contributed by atoms with Gasteiger partial charge in [0.25, 0.3) is 0 Å². The molecule has 27 heavy (non-hydrogen) atoms. The van der Waals surface area contributed by atoms with Gasteiger partial charge in [-0.3, -0.25) is 9.80 Å². The van der Waals surface area contributed by atoms with Gasteiger partial charge in [-0.1, -0.05) is 0 Å². The van der Waals surface area contributed by atoms with Crippen LogP contribution in [0.3, 0.4) is 0 Å². The average molecular weight is 405 g/mol. The Morgan fingerprint density at radius 3 is 1.70 bits per heavy atom. The molecule has 0 saturated carbocycles. The van der Waals surface area contributed by atoms with Gasteiger partial charge in [-0.05, 0) is 36.4 Å². The van der Waals surface area contributed by atoms with Crippen LogP contribution in [0.4, 0.5) is 0 Å². The third-order valence-corrected chi connectivity index (χ3v) is 5.13. The number of benzene rings is 2. The molecule has 4 rings (SSSR count). The van der Waals surface area contributed by atoms with Gasteiger partial charge < -0.3 is 14.2 Å². The third kappa shape index (κ3) is 4.48. The number of thiol groups is 2. The molecule has 0 radical (unpaired) electrons. The Labute approximate surface area is 171 Å². The Hall–Kier alpha value is -1.54. The topological polar surface area (TPSA) is 34.2 Å². The second kappa shape index (κ2) is 8.65. The minimum atomic E-state index is 0.612. The van der Waals surface area contributed by atoms with Crippen molar-refractivity contribution in [3.05, 3.63) is 47.5 Å². The molecule has 0 aromatic heterocycles. The number of ether oxygens (including phenoxy) is 3. The molecule has 0 aliphatic carbocycles. The molecule has 2 aliphatic rings. The van der Waals surface area contributed by atoms with Crippen LogP contribution in [0.15, 0.2) is 36.4 Å². The van der Waals surface area contributed by atoms with Crippen molar-refractivity contribution in [2.24, 2.45) is 0 Å². The van der Waals surface area contributed by atoms with Crippen molar-refractivity contribution in [1.82, 2.24) is 9.80 Å². The monoisotopic (exact) mass is 404 g/mol. The van der Waals surface area contributed by atoms with Gasteiger partial charge in [0.05, 0.1) is 0 Å². The van der Waals surface area contributed by atoms with E-state index in [2.05, 4.69) is 47.2 Å². The minimum absolute atomic E-state index is 0.612. The summed E-state index contributed by atoms with van der Waals surface area (Å²) in [5.41, 5.74) is 2.28. The fourth-order valence-corrected chi connectivity index (χ4v) is 3.93. The molecule has 0 unspecified atom stereocenters. The Morgan fingerprint density at radius 2 is 1.26 bits per heavy atom. The van der Waals surface area contributed by atoms with Crippen LogP contribution in [-0.2, 0) is 13.1 Å². The summed E-state index contributed by atoms with van der Waals surface area (Å²) in [5, 5.41) is 0. The predicted molar refractivity (Wildman–Crippen MR) is 112 cm³/mol. The van der Waals surface area contributed by atoms with Crippen molar-refractivity contribution < 1.29 is 14.2 Å². The van der Waals surface area contributed by atoms with Crippen LogP contribution in [-0.4, -0.2) is 47.9 Å². The molecular formula is C20H24N2O3S2. The fraction of sp³-hybridized carbons (Fsp3) is 0.400. The molecule has 0 bridgehead atoms. The fourth-order valence-electron chi connectivity index (χ4n) is 3.37. The molecule has 0 saturated heterocycles. The molecule has 7 heteroatoms. The summed E-state index contributed by atoms with van der Waals surface area (Å²) in [7, 11) is 0. The lowest BCUT2D eigenvalue weighted by Crippen LogP contribution is -2.33. The summed E-state index contributed by atoms with van der Waals surface area (Å²) < 4.78 is 17.7. The van der Waals surface area contributed by atoms with Gasteiger partial charge in [-0.15, -0.1) is 0 Å². The maximum absolute atomic E-state index is 6.12. The quantitative estimate of drug-likeness (QED) is 0.719. The van der Waals surface area contributed by atoms with Gasteiger partial charge in [0.2, 0.25) is 0 Å². The van der Waals surface area contributed by atoms with Crippen LogP contribution in [0.2, 0.25) is 0 Å². The molecule has 2 aromatic carbocycles. The first-order valence-electron chi connectivity index (χ1n) is 9.11. The molecule has 0 fully saturated rings. The van der Waals surface area contributed by atoms with Crippen molar-refractivity contribution in [3.8, 4) is 23.0 Å². The number of rotatable bonds is 6. The van der Waals surface area contributed by atoms with Gasteiger partial charge in [0.15, 0.2) is 0 Å². The van der Waals surface area contributed by atoms with Gasteiger partial charge in [0.1, 0.15) is 36.5 Å². The molecule has 5 nitrogen and oxygen atoms in total. The van der Waals surface area contributed by atoms with E-state index in [4.69, 9.17) is 14.2 Å². The van der Waals surface area contributed by atoms with E-state index in [1.807, 2.05) is 24.3 Å². The Bertz CT molecular complexity index is 737. The maximum atomic E-state index is 6.12. The summed E-state index contributed by atoms with van der Waals surface area (Å²) >= 11 is 8.61. The number of nitrogens with zero attached hydrogens (tertiary/aromatic N) is 2. The van der Waals surface area contributed by atoms with E-state index in [-0.39, 0.29) is 0 Å². The van der Waals surface area contributed by atoms with Crippen LogP contribution >= 0.6 is 25.3 Å². The van der Waals surface area contributed by atoms with Crippen LogP contribution in [0.5, 0.6) is 23.0 Å². The van der Waals surface area contributed by atoms with Crippen LogP contribution in [0.1, 0.15) is 11.1 Å². The molecule has 0 spiro atoms. The van der Waals surface area contributed by atoms with E-state index >= 15 is 0 Å². The maximum Gasteiger partial charge on any atom is 0.142 e. The zero-order valence-electron chi connectivity index (χ0n) is 15.1. The lowest BCUT2D eigenvalue weighted by Gasteiger charge is -2.29. The van der Waals surface area contributed by atoms with Crippen LogP contribution in [0.25, 0.3) is 0 Å². The highest BCUT2D eigenvalue weighted by Crippen LogP contribution is 2.34. The molecule has 0 N–H and O–H groups in total. The van der Waals surface area contributed by atoms with Crippen molar-refractivity contribution in [1.29, 1.82) is 0 Å². The third-order valence-electron chi connectivity index (χ3n) is 4.73. The summed E-state index contributed by atoms with van der Waals surface area (Å²) in [5.74, 6) is 5.12. The van der Waals surface area contributed by atoms with Crippen molar-refractivity contribution >= 4 is 25.3 Å². The lowest BCUT2D eigenvalue weighted by molar-refractivity contribution is 0.102. The van der Waals surface area contributed by atoms with E-state index in [0.717, 1.165) is 71.8 Å². The molecule has 0 atom stereocenters. The molecule has 2 heterocycles. The highest BCUT2D eigenvalue weighted by molar-refractivity contribution is 7.80. The highest BCUT2D eigenvalue weighted by Gasteiger charge is 2.19. The first kappa shape index (κ1) is 18.8. The second-order valence-corrected chi connectivity index (χ2v) is 7.63. The summed E-state index contributed by atoms with van der Waals surface area (Å²) in [6.45, 7) is 4.73. The molecule has 2 aromatic rings. The van der Waals surface area contributed by atoms with Gasteiger partial charge in [-0.25, -0.2) is 0 Å². The van der Waals surface area contributed by atoms with Crippen molar-refractivity contribution in [2.45, 2.75) is 13.1 Å². The van der Waals surface area contributed by atoms with Crippen LogP contribution < -0.4 is 14.2 Å². The second-order valence-electron chi connectivity index (χ2n) is 6.74. The summed E-state index contributed by atoms with van der Waals surface area (Å²) in [6.07, 6.45) is 0. The molecular weight excluding hydrogens is 380 g/mol.